The van der Waals surface area contributed by atoms with Crippen LogP contribution in [0.5, 0.6) is 5.75 Å². The molecule has 0 N–H and O–H groups in total. The predicted octanol–water partition coefficient (Wildman–Crippen LogP) is 1.60. The number of ether oxygens (including phenoxy) is 1. The molecule has 136 valence electrons. The summed E-state index contributed by atoms with van der Waals surface area (Å²) < 4.78 is 5.64. The summed E-state index contributed by atoms with van der Waals surface area (Å²) in [6.45, 7) is 6.34. The first-order chi connectivity index (χ1) is 12.1. The summed E-state index contributed by atoms with van der Waals surface area (Å²) in [4.78, 5) is 31.3. The summed E-state index contributed by atoms with van der Waals surface area (Å²) in [5, 5.41) is 0. The lowest BCUT2D eigenvalue weighted by Crippen LogP contribution is -2.39. The van der Waals surface area contributed by atoms with Gasteiger partial charge in [-0.1, -0.05) is 12.1 Å². The zero-order valence-corrected chi connectivity index (χ0v) is 15.1. The Kier molecular flexibility index (Phi) is 5.58. The molecule has 2 heterocycles. The smallest absolute Gasteiger partial charge is 0.228 e. The number of carbonyl (C=O) groups is 2. The van der Waals surface area contributed by atoms with Gasteiger partial charge in [0.15, 0.2) is 0 Å². The summed E-state index contributed by atoms with van der Waals surface area (Å²) in [5.41, 5.74) is 0.764. The molecule has 0 bridgehead atoms. The second kappa shape index (κ2) is 7.87. The molecular weight excluding hydrogens is 318 g/mol. The highest BCUT2D eigenvalue weighted by Crippen LogP contribution is 2.33. The number of hydrogen-bond acceptors (Lipinski definition) is 4. The maximum atomic E-state index is 12.9. The molecule has 0 saturated carbocycles. The Morgan fingerprint density at radius 2 is 2.00 bits per heavy atom. The third-order valence-corrected chi connectivity index (χ3v) is 4.96. The Labute approximate surface area is 149 Å². The predicted molar refractivity (Wildman–Crippen MR) is 96.8 cm³/mol. The van der Waals surface area contributed by atoms with E-state index in [0.717, 1.165) is 38.3 Å². The lowest BCUT2D eigenvalue weighted by atomic mass is 10.1. The van der Waals surface area contributed by atoms with Gasteiger partial charge in [0.2, 0.25) is 11.8 Å². The molecule has 6 nitrogen and oxygen atoms in total. The minimum atomic E-state index is -0.259. The summed E-state index contributed by atoms with van der Waals surface area (Å²) in [5.74, 6) is 0.547. The standard InChI is InChI=1S/C19H27N3O3/c1-3-25-17-8-5-4-7-16(17)22-14-15(13-18(22)23)19(24)21-10-6-9-20(2)11-12-21/h4-5,7-8,15H,3,6,9-14H2,1-2H3. The first-order valence-electron chi connectivity index (χ1n) is 9.09. The average molecular weight is 345 g/mol. The molecule has 2 aliphatic heterocycles. The number of benzene rings is 1. The lowest BCUT2D eigenvalue weighted by Gasteiger charge is -2.24. The van der Waals surface area contributed by atoms with Crippen molar-refractivity contribution in [3.8, 4) is 5.75 Å². The molecule has 1 aromatic rings. The van der Waals surface area contributed by atoms with Crippen molar-refractivity contribution < 1.29 is 14.3 Å². The van der Waals surface area contributed by atoms with Gasteiger partial charge in [-0.25, -0.2) is 0 Å². The van der Waals surface area contributed by atoms with E-state index in [1.807, 2.05) is 36.1 Å². The molecule has 2 fully saturated rings. The van der Waals surface area contributed by atoms with Crippen molar-refractivity contribution in [3.05, 3.63) is 24.3 Å². The Morgan fingerprint density at radius 1 is 1.20 bits per heavy atom. The van der Waals surface area contributed by atoms with Crippen LogP contribution in [0.3, 0.4) is 0 Å². The molecule has 2 saturated heterocycles. The summed E-state index contributed by atoms with van der Waals surface area (Å²) in [6, 6.07) is 7.54. The molecule has 6 heteroatoms. The zero-order chi connectivity index (χ0) is 17.8. The SMILES string of the molecule is CCOc1ccccc1N1CC(C(=O)N2CCCN(C)CC2)CC1=O. The number of hydrogen-bond donors (Lipinski definition) is 0. The number of carbonyl (C=O) groups excluding carboxylic acids is 2. The molecule has 0 aromatic heterocycles. The number of rotatable bonds is 4. The quantitative estimate of drug-likeness (QED) is 0.832. The van der Waals surface area contributed by atoms with E-state index in [1.54, 1.807) is 4.90 Å². The van der Waals surface area contributed by atoms with Crippen LogP contribution in [0, 0.1) is 5.92 Å². The Balaban J connectivity index is 1.71. The maximum absolute atomic E-state index is 12.9. The number of nitrogens with zero attached hydrogens (tertiary/aromatic N) is 3. The molecule has 3 rings (SSSR count). The topological polar surface area (TPSA) is 53.1 Å². The van der Waals surface area contributed by atoms with Gasteiger partial charge in [-0.15, -0.1) is 0 Å². The maximum Gasteiger partial charge on any atom is 0.228 e. The Hall–Kier alpha value is -2.08. The fourth-order valence-corrected chi connectivity index (χ4v) is 3.59. The molecule has 1 atom stereocenters. The van der Waals surface area contributed by atoms with Crippen molar-refractivity contribution in [3.63, 3.8) is 0 Å². The van der Waals surface area contributed by atoms with E-state index in [9.17, 15) is 9.59 Å². The fourth-order valence-electron chi connectivity index (χ4n) is 3.59. The average Bonchev–Trinajstić information content (AvgIpc) is 2.86. The van der Waals surface area contributed by atoms with Gasteiger partial charge in [0, 0.05) is 32.6 Å². The zero-order valence-electron chi connectivity index (χ0n) is 15.1. The van der Waals surface area contributed by atoms with Crippen LogP contribution in [0.1, 0.15) is 19.8 Å². The van der Waals surface area contributed by atoms with Gasteiger partial charge >= 0.3 is 0 Å². The fraction of sp³-hybridized carbons (Fsp3) is 0.579. The molecule has 0 spiro atoms. The largest absolute Gasteiger partial charge is 0.492 e. The summed E-state index contributed by atoms with van der Waals surface area (Å²) in [6.07, 6.45) is 1.27. The highest BCUT2D eigenvalue weighted by atomic mass is 16.5. The van der Waals surface area contributed by atoms with Gasteiger partial charge in [0.25, 0.3) is 0 Å². The van der Waals surface area contributed by atoms with Crippen LogP contribution in [0.25, 0.3) is 0 Å². The Morgan fingerprint density at radius 3 is 2.80 bits per heavy atom. The number of anilines is 1. The van der Waals surface area contributed by atoms with E-state index in [1.165, 1.54) is 0 Å². The van der Waals surface area contributed by atoms with E-state index in [-0.39, 0.29) is 24.2 Å². The van der Waals surface area contributed by atoms with Gasteiger partial charge in [-0.2, -0.15) is 0 Å². The van der Waals surface area contributed by atoms with Gasteiger partial charge < -0.3 is 19.4 Å². The summed E-state index contributed by atoms with van der Waals surface area (Å²) >= 11 is 0. The van der Waals surface area contributed by atoms with E-state index in [2.05, 4.69) is 11.9 Å². The van der Waals surface area contributed by atoms with Crippen molar-refractivity contribution in [2.45, 2.75) is 19.8 Å². The minimum Gasteiger partial charge on any atom is -0.492 e. The van der Waals surface area contributed by atoms with Gasteiger partial charge in [-0.3, -0.25) is 9.59 Å². The monoisotopic (exact) mass is 345 g/mol. The van der Waals surface area contributed by atoms with E-state index < -0.39 is 0 Å². The van der Waals surface area contributed by atoms with Crippen molar-refractivity contribution in [2.24, 2.45) is 5.92 Å². The normalized spacial score (nSPS) is 22.2. The molecule has 0 radical (unpaired) electrons. The van der Waals surface area contributed by atoms with Crippen LogP contribution < -0.4 is 9.64 Å². The first-order valence-corrected chi connectivity index (χ1v) is 9.09. The first kappa shape index (κ1) is 17.7. The third kappa shape index (κ3) is 3.95. The van der Waals surface area contributed by atoms with E-state index in [4.69, 9.17) is 4.74 Å². The highest BCUT2D eigenvalue weighted by Gasteiger charge is 2.38. The molecule has 2 aliphatic rings. The third-order valence-electron chi connectivity index (χ3n) is 4.96. The highest BCUT2D eigenvalue weighted by molar-refractivity contribution is 6.01. The van der Waals surface area contributed by atoms with E-state index in [0.29, 0.717) is 18.9 Å². The van der Waals surface area contributed by atoms with Crippen LogP contribution >= 0.6 is 0 Å². The van der Waals surface area contributed by atoms with Crippen molar-refractivity contribution >= 4 is 17.5 Å². The van der Waals surface area contributed by atoms with Crippen LogP contribution in [-0.4, -0.2) is 68.0 Å². The molecule has 25 heavy (non-hydrogen) atoms. The van der Waals surface area contributed by atoms with Gasteiger partial charge in [-0.05, 0) is 39.1 Å². The molecular formula is C19H27N3O3. The number of likely N-dealkylation sites (N-methyl/N-ethyl adjacent to an activating group) is 1. The lowest BCUT2D eigenvalue weighted by molar-refractivity contribution is -0.135. The van der Waals surface area contributed by atoms with Crippen molar-refractivity contribution in [1.82, 2.24) is 9.80 Å². The second-order valence-corrected chi connectivity index (χ2v) is 6.79. The van der Waals surface area contributed by atoms with Crippen LogP contribution in [0.15, 0.2) is 24.3 Å². The molecule has 2 amide bonds. The van der Waals surface area contributed by atoms with Crippen LogP contribution in [0.2, 0.25) is 0 Å². The summed E-state index contributed by atoms with van der Waals surface area (Å²) in [7, 11) is 2.08. The van der Waals surface area contributed by atoms with Gasteiger partial charge in [0.05, 0.1) is 18.2 Å². The Bertz CT molecular complexity index is 634. The minimum absolute atomic E-state index is 0.00237. The molecule has 0 aliphatic carbocycles. The van der Waals surface area contributed by atoms with E-state index >= 15 is 0 Å². The van der Waals surface area contributed by atoms with Crippen LogP contribution in [0.4, 0.5) is 5.69 Å². The second-order valence-electron chi connectivity index (χ2n) is 6.79. The van der Waals surface area contributed by atoms with Gasteiger partial charge in [0.1, 0.15) is 5.75 Å². The molecule has 1 aromatic carbocycles. The number of para-hydroxylation sites is 2. The molecule has 1 unspecified atom stereocenters. The van der Waals surface area contributed by atoms with Crippen LogP contribution in [-0.2, 0) is 9.59 Å². The van der Waals surface area contributed by atoms with Crippen molar-refractivity contribution in [1.29, 1.82) is 0 Å². The van der Waals surface area contributed by atoms with Crippen molar-refractivity contribution in [2.75, 3.05) is 51.3 Å². The number of amides is 2.